The molecule has 0 saturated carbocycles. The molecule has 21 heteroatoms. The fourth-order valence-corrected chi connectivity index (χ4v) is 9.36. The summed E-state index contributed by atoms with van der Waals surface area (Å²) in [4.78, 5) is 116. The second-order valence-electron chi connectivity index (χ2n) is 13.3. The Morgan fingerprint density at radius 1 is 0.946 bits per heavy atom. The predicted molar refractivity (Wildman–Crippen MR) is 187 cm³/mol. The number of carbonyl (C=O) groups is 9. The second kappa shape index (κ2) is 15.4. The first kappa shape index (κ1) is 40.8. The number of sulfone groups is 1. The maximum absolute atomic E-state index is 14.5. The van der Waals surface area contributed by atoms with Gasteiger partial charge in [0.1, 0.15) is 11.4 Å². The van der Waals surface area contributed by atoms with E-state index in [1.807, 2.05) is 0 Å². The van der Waals surface area contributed by atoms with Gasteiger partial charge in [0.15, 0.2) is 29.6 Å². The van der Waals surface area contributed by atoms with Crippen LogP contribution in [-0.2, 0) is 64.3 Å². The number of rotatable bonds is 14. The largest absolute Gasteiger partial charge is 0.459 e. The molecule has 2 unspecified atom stereocenters. The van der Waals surface area contributed by atoms with Crippen LogP contribution in [0.3, 0.4) is 0 Å². The Morgan fingerprint density at radius 3 is 2.18 bits per heavy atom. The Balaban J connectivity index is 1.58. The van der Waals surface area contributed by atoms with Gasteiger partial charge < -0.3 is 29.7 Å². The van der Waals surface area contributed by atoms with Crippen LogP contribution in [0.5, 0.6) is 11.5 Å². The van der Waals surface area contributed by atoms with Crippen molar-refractivity contribution in [3.8, 4) is 11.5 Å². The van der Waals surface area contributed by atoms with Gasteiger partial charge in [0.25, 0.3) is 10.9 Å². The Bertz CT molecular complexity index is 2110. The lowest BCUT2D eigenvalue weighted by Crippen LogP contribution is -2.85. The van der Waals surface area contributed by atoms with E-state index < -0.39 is 85.0 Å². The normalized spacial score (nSPS) is 22.5. The van der Waals surface area contributed by atoms with Gasteiger partial charge in [-0.1, -0.05) is 36.4 Å². The molecule has 0 spiro atoms. The van der Waals surface area contributed by atoms with Crippen molar-refractivity contribution >= 4 is 64.2 Å². The standard InChI is InChI=1S/C35H38N6O14S/c1-6-38-14-15-39(32(49)31(38)48)40(19-43)26(23-12-13-24(54-20(2)44)25(16-23)55-21(3)45)29(46)37-27-30(47)41-28(33(50)53-17-22-10-8-7-9-11-22)34(4,5)56(51,52)35(27,41)36-18-42/h7-13,16,18-19,26-28H,6,14-15,17H2,1-5H3,(H,36,42)(H,37,46)/t26?,27-,28+,35?/m1/s1. The number of amides is 6. The molecule has 0 aliphatic carbocycles. The van der Waals surface area contributed by atoms with Crippen LogP contribution in [0.2, 0.25) is 0 Å². The third-order valence-corrected chi connectivity index (χ3v) is 12.6. The maximum atomic E-state index is 14.5. The highest BCUT2D eigenvalue weighted by Gasteiger charge is 2.82. The number of hydrogen-bond donors (Lipinski definition) is 2. The number of carbonyl (C=O) groups excluding carboxylic acids is 9. The zero-order valence-electron chi connectivity index (χ0n) is 30.7. The van der Waals surface area contributed by atoms with Crippen molar-refractivity contribution < 1.29 is 65.8 Å². The van der Waals surface area contributed by atoms with Crippen LogP contribution >= 0.6 is 0 Å². The van der Waals surface area contributed by atoms with Crippen LogP contribution in [0.15, 0.2) is 48.5 Å². The van der Waals surface area contributed by atoms with Crippen molar-refractivity contribution in [1.29, 1.82) is 0 Å². The highest BCUT2D eigenvalue weighted by molar-refractivity contribution is 7.94. The summed E-state index contributed by atoms with van der Waals surface area (Å²) in [7, 11) is -4.85. The van der Waals surface area contributed by atoms with Crippen molar-refractivity contribution in [3.63, 3.8) is 0 Å². The number of nitrogens with zero attached hydrogens (tertiary/aromatic N) is 4. The number of hydrazine groups is 1. The average molecular weight is 799 g/mol. The summed E-state index contributed by atoms with van der Waals surface area (Å²) < 4.78 is 42.3. The molecule has 0 aromatic heterocycles. The minimum Gasteiger partial charge on any atom is -0.459 e. The Morgan fingerprint density at radius 2 is 1.59 bits per heavy atom. The molecular weight excluding hydrogens is 760 g/mol. The molecule has 2 aromatic carbocycles. The molecule has 3 aliphatic rings. The lowest BCUT2D eigenvalue weighted by atomic mass is 9.92. The number of likely N-dealkylation sites (N-methyl/N-ethyl adjacent to an activating group) is 1. The van der Waals surface area contributed by atoms with E-state index >= 15 is 0 Å². The molecule has 4 atom stereocenters. The number of fused-ring (bicyclic) bond motifs is 1. The van der Waals surface area contributed by atoms with Gasteiger partial charge in [-0.3, -0.25) is 43.3 Å². The monoisotopic (exact) mass is 798 g/mol. The minimum absolute atomic E-state index is 0.0320. The summed E-state index contributed by atoms with van der Waals surface area (Å²) in [5, 5.41) is 5.59. The van der Waals surface area contributed by atoms with Crippen LogP contribution in [0, 0.1) is 0 Å². The predicted octanol–water partition coefficient (Wildman–Crippen LogP) is -1.31. The molecule has 2 aromatic rings. The Labute approximate surface area is 319 Å². The van der Waals surface area contributed by atoms with Gasteiger partial charge in [-0.25, -0.2) is 23.2 Å². The summed E-state index contributed by atoms with van der Waals surface area (Å²) in [6.07, 6.45) is 0.000775. The van der Waals surface area contributed by atoms with Crippen LogP contribution in [0.25, 0.3) is 0 Å². The molecule has 3 aliphatic heterocycles. The highest BCUT2D eigenvalue weighted by Crippen LogP contribution is 2.52. The van der Waals surface area contributed by atoms with Gasteiger partial charge in [0.05, 0.1) is 6.54 Å². The van der Waals surface area contributed by atoms with Crippen molar-refractivity contribution in [1.82, 2.24) is 30.5 Å². The summed E-state index contributed by atoms with van der Waals surface area (Å²) in [5.41, 5.74) is 0.301. The third-order valence-electron chi connectivity index (χ3n) is 9.61. The lowest BCUT2D eigenvalue weighted by Gasteiger charge is -2.52. The van der Waals surface area contributed by atoms with Gasteiger partial charge in [0.2, 0.25) is 28.6 Å². The fourth-order valence-electron chi connectivity index (χ4n) is 6.93. The van der Waals surface area contributed by atoms with E-state index in [-0.39, 0.29) is 50.4 Å². The summed E-state index contributed by atoms with van der Waals surface area (Å²) in [5.74, 6) is -8.27. The zero-order chi connectivity index (χ0) is 41.3. The molecular formula is C35H38N6O14S. The van der Waals surface area contributed by atoms with Crippen molar-refractivity contribution in [3.05, 3.63) is 59.7 Å². The number of piperazine rings is 1. The third kappa shape index (κ3) is 6.66. The van der Waals surface area contributed by atoms with E-state index in [0.717, 1.165) is 45.9 Å². The SMILES string of the molecule is CCN1CCN(N(C=O)C(C(=O)N[C@@H]2C(=O)N3[C@@H](C(=O)OCc4ccccc4)C(C)(C)S(=O)(=O)C23NC=O)c2ccc(OC(C)=O)c(OC(C)=O)c2)C(=O)C1=O. The quantitative estimate of drug-likeness (QED) is 0.0741. The molecule has 3 heterocycles. The van der Waals surface area contributed by atoms with Crippen molar-refractivity contribution in [2.75, 3.05) is 19.6 Å². The van der Waals surface area contributed by atoms with Gasteiger partial charge in [-0.05, 0) is 44.0 Å². The molecule has 6 amide bonds. The van der Waals surface area contributed by atoms with E-state index in [9.17, 15) is 51.6 Å². The van der Waals surface area contributed by atoms with E-state index in [0.29, 0.717) is 20.5 Å². The Kier molecular flexibility index (Phi) is 11.2. The van der Waals surface area contributed by atoms with E-state index in [1.165, 1.54) is 4.90 Å². The number of ether oxygens (including phenoxy) is 3. The van der Waals surface area contributed by atoms with E-state index in [4.69, 9.17) is 14.2 Å². The van der Waals surface area contributed by atoms with Crippen LogP contribution in [0.1, 0.15) is 51.8 Å². The van der Waals surface area contributed by atoms with E-state index in [2.05, 4.69) is 10.6 Å². The molecule has 5 rings (SSSR count). The lowest BCUT2D eigenvalue weighted by molar-refractivity contribution is -0.179. The number of nitrogens with one attached hydrogen (secondary N) is 2. The number of benzene rings is 2. The zero-order valence-corrected chi connectivity index (χ0v) is 31.6. The van der Waals surface area contributed by atoms with Crippen molar-refractivity contribution in [2.24, 2.45) is 0 Å². The van der Waals surface area contributed by atoms with Crippen LogP contribution in [0.4, 0.5) is 0 Å². The smallest absolute Gasteiger partial charge is 0.330 e. The van der Waals surface area contributed by atoms with Crippen LogP contribution in [-0.4, -0.2) is 124 Å². The number of hydrogen-bond acceptors (Lipinski definition) is 14. The molecule has 20 nitrogen and oxygen atoms in total. The highest BCUT2D eigenvalue weighted by atomic mass is 32.2. The summed E-state index contributed by atoms with van der Waals surface area (Å²) in [6.45, 7) is 5.47. The Hall–Kier alpha value is -6.38. The van der Waals surface area contributed by atoms with Gasteiger partial charge in [-0.2, -0.15) is 0 Å². The van der Waals surface area contributed by atoms with Gasteiger partial charge in [0, 0.05) is 26.9 Å². The first-order valence-corrected chi connectivity index (χ1v) is 18.5. The molecule has 0 bridgehead atoms. The topological polar surface area (TPSA) is 252 Å². The first-order valence-electron chi connectivity index (χ1n) is 17.0. The van der Waals surface area contributed by atoms with Crippen molar-refractivity contribution in [2.45, 2.75) is 69.1 Å². The maximum Gasteiger partial charge on any atom is 0.330 e. The molecule has 3 saturated heterocycles. The van der Waals surface area contributed by atoms with E-state index in [1.54, 1.807) is 37.3 Å². The summed E-state index contributed by atoms with van der Waals surface area (Å²) in [6, 6.07) is 5.66. The molecule has 56 heavy (non-hydrogen) atoms. The molecule has 3 fully saturated rings. The minimum atomic E-state index is -4.85. The summed E-state index contributed by atoms with van der Waals surface area (Å²) >= 11 is 0. The number of esters is 3. The van der Waals surface area contributed by atoms with Gasteiger partial charge in [-0.15, -0.1) is 0 Å². The first-order chi connectivity index (χ1) is 26.4. The molecule has 2 N–H and O–H groups in total. The van der Waals surface area contributed by atoms with Gasteiger partial charge >= 0.3 is 29.7 Å². The second-order valence-corrected chi connectivity index (χ2v) is 16.0. The average Bonchev–Trinajstić information content (AvgIpc) is 3.26. The van der Waals surface area contributed by atoms with Crippen LogP contribution < -0.4 is 20.1 Å². The molecule has 0 radical (unpaired) electrons. The molecule has 298 valence electrons. The fraction of sp³-hybridized carbons (Fsp3) is 0.400. The number of β-lactam (4-membered cyclic amide) rings is 1.